The monoisotopic (exact) mass is 380 g/mol. The van der Waals surface area contributed by atoms with E-state index in [1.165, 1.54) is 11.3 Å². The summed E-state index contributed by atoms with van der Waals surface area (Å²) < 4.78 is 27.5. The van der Waals surface area contributed by atoms with Crippen molar-refractivity contribution in [3.63, 3.8) is 0 Å². The van der Waals surface area contributed by atoms with Crippen LogP contribution in [0.2, 0.25) is 0 Å². The van der Waals surface area contributed by atoms with E-state index < -0.39 is 15.6 Å². The number of hydrogen-bond acceptors (Lipinski definition) is 5. The molecule has 0 aliphatic carbocycles. The first-order chi connectivity index (χ1) is 11.7. The summed E-state index contributed by atoms with van der Waals surface area (Å²) in [4.78, 5) is 2.19. The smallest absolute Gasteiger partial charge is 0.252 e. The van der Waals surface area contributed by atoms with Crippen molar-refractivity contribution in [1.29, 1.82) is 0 Å². The van der Waals surface area contributed by atoms with Crippen LogP contribution in [0.3, 0.4) is 0 Å². The molecule has 7 heteroatoms. The molecule has 3 rings (SSSR count). The van der Waals surface area contributed by atoms with Gasteiger partial charge in [-0.2, -0.15) is 4.31 Å². The van der Waals surface area contributed by atoms with E-state index in [9.17, 15) is 13.5 Å². The van der Waals surface area contributed by atoms with Crippen molar-refractivity contribution in [2.75, 3.05) is 24.5 Å². The highest BCUT2D eigenvalue weighted by atomic mass is 32.2. The number of nitrogens with zero attached hydrogens (tertiary/aromatic N) is 2. The van der Waals surface area contributed by atoms with Crippen LogP contribution >= 0.6 is 11.3 Å². The van der Waals surface area contributed by atoms with Crippen LogP contribution in [0.1, 0.15) is 26.3 Å². The highest BCUT2D eigenvalue weighted by Gasteiger charge is 2.34. The molecule has 2 aromatic rings. The van der Waals surface area contributed by atoms with Gasteiger partial charge in [-0.05, 0) is 49.9 Å². The predicted molar refractivity (Wildman–Crippen MR) is 102 cm³/mol. The Kier molecular flexibility index (Phi) is 4.94. The molecule has 2 heterocycles. The standard InChI is InChI=1S/C18H24N2O3S2/c1-14-13-19(16-8-6-15(7-9-16)18(2,3)21)10-11-20(14)25(22,23)17-5-4-12-24-17/h4-9,12,14,21H,10-11,13H2,1-3H3/t14-/m1/s1. The van der Waals surface area contributed by atoms with E-state index in [0.29, 0.717) is 23.8 Å². The number of piperazine rings is 1. The maximum absolute atomic E-state index is 12.7. The zero-order valence-electron chi connectivity index (χ0n) is 14.7. The third-order valence-electron chi connectivity index (χ3n) is 4.56. The molecular weight excluding hydrogens is 356 g/mol. The lowest BCUT2D eigenvalue weighted by Crippen LogP contribution is -2.53. The Morgan fingerprint density at radius 3 is 2.36 bits per heavy atom. The van der Waals surface area contributed by atoms with E-state index in [2.05, 4.69) is 4.90 Å². The van der Waals surface area contributed by atoms with Crippen molar-refractivity contribution >= 4 is 27.0 Å². The summed E-state index contributed by atoms with van der Waals surface area (Å²) in [5.41, 5.74) is 1.05. The Labute approximate surface area is 153 Å². The normalized spacial score (nSPS) is 20.0. The van der Waals surface area contributed by atoms with Gasteiger partial charge in [0.15, 0.2) is 0 Å². The third-order valence-corrected chi connectivity index (χ3v) is 7.95. The second-order valence-corrected chi connectivity index (χ2v) is 10.0. The minimum atomic E-state index is -3.41. The summed E-state index contributed by atoms with van der Waals surface area (Å²) >= 11 is 1.26. The fourth-order valence-electron chi connectivity index (χ4n) is 3.14. The van der Waals surface area contributed by atoms with Gasteiger partial charge in [-0.25, -0.2) is 8.42 Å². The highest BCUT2D eigenvalue weighted by molar-refractivity contribution is 7.91. The van der Waals surface area contributed by atoms with Gasteiger partial charge in [0, 0.05) is 31.4 Å². The SMILES string of the molecule is C[C@@H]1CN(c2ccc(C(C)(C)O)cc2)CCN1S(=O)(=O)c1cccs1. The van der Waals surface area contributed by atoms with E-state index in [0.717, 1.165) is 11.3 Å². The van der Waals surface area contributed by atoms with E-state index in [1.807, 2.05) is 31.2 Å². The number of thiophene rings is 1. The van der Waals surface area contributed by atoms with Crippen LogP contribution in [0, 0.1) is 0 Å². The molecule has 0 amide bonds. The quantitative estimate of drug-likeness (QED) is 0.886. The van der Waals surface area contributed by atoms with Crippen molar-refractivity contribution < 1.29 is 13.5 Å². The molecule has 1 aromatic heterocycles. The fourth-order valence-corrected chi connectivity index (χ4v) is 5.87. The largest absolute Gasteiger partial charge is 0.386 e. The lowest BCUT2D eigenvalue weighted by molar-refractivity contribution is 0.0786. The average molecular weight is 381 g/mol. The second-order valence-electron chi connectivity index (χ2n) is 6.95. The molecule has 0 radical (unpaired) electrons. The molecule has 0 unspecified atom stereocenters. The number of sulfonamides is 1. The van der Waals surface area contributed by atoms with E-state index in [4.69, 9.17) is 0 Å². The number of rotatable bonds is 4. The van der Waals surface area contributed by atoms with Crippen molar-refractivity contribution in [1.82, 2.24) is 4.31 Å². The zero-order chi connectivity index (χ0) is 18.2. The van der Waals surface area contributed by atoms with Gasteiger partial charge >= 0.3 is 0 Å². The molecule has 25 heavy (non-hydrogen) atoms. The van der Waals surface area contributed by atoms with Crippen LogP contribution in [-0.4, -0.2) is 43.5 Å². The van der Waals surface area contributed by atoms with E-state index in [1.54, 1.807) is 35.7 Å². The fraction of sp³-hybridized carbons (Fsp3) is 0.444. The maximum atomic E-state index is 12.7. The highest BCUT2D eigenvalue weighted by Crippen LogP contribution is 2.28. The average Bonchev–Trinajstić information content (AvgIpc) is 3.09. The summed E-state index contributed by atoms with van der Waals surface area (Å²) in [6, 6.07) is 11.2. The number of anilines is 1. The van der Waals surface area contributed by atoms with Gasteiger partial charge in [0.1, 0.15) is 4.21 Å². The van der Waals surface area contributed by atoms with Crippen LogP contribution in [0.5, 0.6) is 0 Å². The molecule has 1 aromatic carbocycles. The van der Waals surface area contributed by atoms with Crippen molar-refractivity contribution in [3.05, 3.63) is 47.3 Å². The van der Waals surface area contributed by atoms with Gasteiger partial charge in [0.05, 0.1) is 5.60 Å². The summed E-state index contributed by atoms with van der Waals surface area (Å²) in [5, 5.41) is 11.9. The molecular formula is C18H24N2O3S2. The Hall–Kier alpha value is -1.41. The van der Waals surface area contributed by atoms with Gasteiger partial charge in [-0.15, -0.1) is 11.3 Å². The van der Waals surface area contributed by atoms with Crippen LogP contribution in [0.4, 0.5) is 5.69 Å². The topological polar surface area (TPSA) is 60.9 Å². The molecule has 1 N–H and O–H groups in total. The van der Waals surface area contributed by atoms with Crippen LogP contribution in [0.15, 0.2) is 46.0 Å². The molecule has 1 fully saturated rings. The van der Waals surface area contributed by atoms with Gasteiger partial charge < -0.3 is 10.0 Å². The molecule has 0 bridgehead atoms. The van der Waals surface area contributed by atoms with Gasteiger partial charge in [-0.3, -0.25) is 0 Å². The molecule has 1 aliphatic heterocycles. The van der Waals surface area contributed by atoms with Gasteiger partial charge in [-0.1, -0.05) is 18.2 Å². The van der Waals surface area contributed by atoms with Crippen LogP contribution < -0.4 is 4.90 Å². The summed E-state index contributed by atoms with van der Waals surface area (Å²) in [7, 11) is -3.41. The van der Waals surface area contributed by atoms with Crippen molar-refractivity contribution in [2.24, 2.45) is 0 Å². The third kappa shape index (κ3) is 3.74. The minimum absolute atomic E-state index is 0.102. The molecule has 1 aliphatic rings. The van der Waals surface area contributed by atoms with Gasteiger partial charge in [0.25, 0.3) is 10.0 Å². The minimum Gasteiger partial charge on any atom is -0.386 e. The Bertz CT molecular complexity index is 809. The van der Waals surface area contributed by atoms with Crippen LogP contribution in [0.25, 0.3) is 0 Å². The summed E-state index contributed by atoms with van der Waals surface area (Å²) in [5.74, 6) is 0. The Morgan fingerprint density at radius 1 is 1.16 bits per heavy atom. The number of hydrogen-bond donors (Lipinski definition) is 1. The van der Waals surface area contributed by atoms with E-state index in [-0.39, 0.29) is 6.04 Å². The Morgan fingerprint density at radius 2 is 1.84 bits per heavy atom. The Balaban J connectivity index is 1.74. The van der Waals surface area contributed by atoms with E-state index >= 15 is 0 Å². The second kappa shape index (κ2) is 6.72. The molecule has 5 nitrogen and oxygen atoms in total. The summed E-state index contributed by atoms with van der Waals surface area (Å²) in [6.07, 6.45) is 0. The molecule has 0 spiro atoms. The number of benzene rings is 1. The molecule has 1 saturated heterocycles. The predicted octanol–water partition coefficient (Wildman–Crippen LogP) is 2.87. The first-order valence-electron chi connectivity index (χ1n) is 8.33. The lowest BCUT2D eigenvalue weighted by atomic mass is 9.98. The molecule has 136 valence electrons. The summed E-state index contributed by atoms with van der Waals surface area (Å²) in [6.45, 7) is 7.23. The first kappa shape index (κ1) is 18.4. The maximum Gasteiger partial charge on any atom is 0.252 e. The number of aliphatic hydroxyl groups is 1. The van der Waals surface area contributed by atoms with Crippen molar-refractivity contribution in [2.45, 2.75) is 36.6 Å². The van der Waals surface area contributed by atoms with Crippen LogP contribution in [-0.2, 0) is 15.6 Å². The molecule has 0 saturated carbocycles. The molecule has 1 atom stereocenters. The van der Waals surface area contributed by atoms with Crippen molar-refractivity contribution in [3.8, 4) is 0 Å². The van der Waals surface area contributed by atoms with Gasteiger partial charge in [0.2, 0.25) is 0 Å². The zero-order valence-corrected chi connectivity index (χ0v) is 16.3. The first-order valence-corrected chi connectivity index (χ1v) is 10.6. The lowest BCUT2D eigenvalue weighted by Gasteiger charge is -2.40.